The molecule has 25 heavy (non-hydrogen) atoms. The number of carbonyl (C=O) groups is 1. The predicted octanol–water partition coefficient (Wildman–Crippen LogP) is -0.00200. The standard InChI is InChI=1S/C13H12B4F2O5S/c14-2-7-1-8(3-15)10(5-17)11(9(7)4-16)12(20)24-6-13(18,19)25(21,22)23/h1H,2-6H2,(H,21,22,23). The van der Waals surface area contributed by atoms with E-state index in [2.05, 4.69) is 4.74 Å². The van der Waals surface area contributed by atoms with Crippen molar-refractivity contribution in [2.24, 2.45) is 0 Å². The summed E-state index contributed by atoms with van der Waals surface area (Å²) in [5.74, 6) is -1.27. The lowest BCUT2D eigenvalue weighted by Gasteiger charge is -2.21. The van der Waals surface area contributed by atoms with E-state index >= 15 is 0 Å². The quantitative estimate of drug-likeness (QED) is 0.400. The highest BCUT2D eigenvalue weighted by molar-refractivity contribution is 7.86. The number of hydrogen-bond donors (Lipinski definition) is 1. The van der Waals surface area contributed by atoms with Gasteiger partial charge in [-0.05, 0) is 11.1 Å². The summed E-state index contributed by atoms with van der Waals surface area (Å²) in [5.41, 5.74) is 1.20. The highest BCUT2D eigenvalue weighted by atomic mass is 32.2. The maximum absolute atomic E-state index is 13.3. The van der Waals surface area contributed by atoms with Crippen LogP contribution in [0.15, 0.2) is 6.07 Å². The second kappa shape index (κ2) is 8.40. The number of ether oxygens (including phenoxy) is 1. The lowest BCUT2D eigenvalue weighted by atomic mass is 9.75. The zero-order valence-corrected chi connectivity index (χ0v) is 14.0. The molecule has 0 unspecified atom stereocenters. The van der Waals surface area contributed by atoms with Crippen LogP contribution in [0.4, 0.5) is 8.78 Å². The van der Waals surface area contributed by atoms with Crippen LogP contribution in [0.3, 0.4) is 0 Å². The molecule has 126 valence electrons. The lowest BCUT2D eigenvalue weighted by Crippen LogP contribution is -2.35. The molecule has 0 spiro atoms. The third-order valence-electron chi connectivity index (χ3n) is 3.53. The summed E-state index contributed by atoms with van der Waals surface area (Å²) in [6.45, 7) is -1.87. The number of rotatable bonds is 8. The third-order valence-corrected chi connectivity index (χ3v) is 4.40. The summed E-state index contributed by atoms with van der Waals surface area (Å²) in [6.07, 6.45) is -0.343. The second-order valence-electron chi connectivity index (χ2n) is 5.03. The molecule has 0 fully saturated rings. The third kappa shape index (κ3) is 4.67. The van der Waals surface area contributed by atoms with Gasteiger partial charge in [0.2, 0.25) is 0 Å². The molecule has 1 aromatic rings. The molecule has 0 heterocycles. The van der Waals surface area contributed by atoms with Gasteiger partial charge in [-0.15, -0.1) is 0 Å². The monoisotopic (exact) mass is 362 g/mol. The Morgan fingerprint density at radius 2 is 1.48 bits per heavy atom. The van der Waals surface area contributed by atoms with Crippen LogP contribution in [0.2, 0.25) is 0 Å². The van der Waals surface area contributed by atoms with Crippen LogP contribution >= 0.6 is 0 Å². The van der Waals surface area contributed by atoms with Gasteiger partial charge in [0.1, 0.15) is 0 Å². The largest absolute Gasteiger partial charge is 0.454 e. The van der Waals surface area contributed by atoms with E-state index in [0.717, 1.165) is 0 Å². The Morgan fingerprint density at radius 1 is 1.04 bits per heavy atom. The van der Waals surface area contributed by atoms with E-state index in [4.69, 9.17) is 35.9 Å². The van der Waals surface area contributed by atoms with E-state index in [9.17, 15) is 22.0 Å². The molecule has 0 amide bonds. The van der Waals surface area contributed by atoms with E-state index in [1.807, 2.05) is 0 Å². The van der Waals surface area contributed by atoms with Crippen LogP contribution in [0.5, 0.6) is 0 Å². The van der Waals surface area contributed by atoms with E-state index in [1.165, 1.54) is 0 Å². The van der Waals surface area contributed by atoms with Crippen molar-refractivity contribution >= 4 is 47.5 Å². The van der Waals surface area contributed by atoms with Crippen molar-refractivity contribution in [3.05, 3.63) is 33.9 Å². The zero-order chi connectivity index (χ0) is 19.4. The molecular weight excluding hydrogens is 349 g/mol. The van der Waals surface area contributed by atoms with Crippen molar-refractivity contribution in [3.8, 4) is 0 Å². The van der Waals surface area contributed by atoms with Crippen molar-refractivity contribution in [3.63, 3.8) is 0 Å². The molecular formula is C13H12B4F2O5S. The van der Waals surface area contributed by atoms with Gasteiger partial charge in [-0.1, -0.05) is 42.5 Å². The van der Waals surface area contributed by atoms with Gasteiger partial charge in [-0.3, -0.25) is 4.55 Å². The van der Waals surface area contributed by atoms with E-state index in [-0.39, 0.29) is 42.0 Å². The maximum atomic E-state index is 13.3. The van der Waals surface area contributed by atoms with Gasteiger partial charge < -0.3 is 4.74 Å². The zero-order valence-electron chi connectivity index (χ0n) is 13.2. The molecule has 0 atom stereocenters. The fourth-order valence-corrected chi connectivity index (χ4v) is 2.47. The number of alkyl halides is 2. The van der Waals surface area contributed by atoms with Crippen LogP contribution in [-0.4, -0.2) is 62.2 Å². The molecule has 1 rings (SSSR count). The first-order valence-electron chi connectivity index (χ1n) is 7.02. The maximum Gasteiger partial charge on any atom is 0.402 e. The number of halogens is 2. The van der Waals surface area contributed by atoms with Crippen molar-refractivity contribution in [2.75, 3.05) is 6.61 Å². The molecule has 1 aromatic carbocycles. The van der Waals surface area contributed by atoms with Gasteiger partial charge >= 0.3 is 21.3 Å². The predicted molar refractivity (Wildman–Crippen MR) is 91.1 cm³/mol. The van der Waals surface area contributed by atoms with Crippen molar-refractivity contribution in [1.82, 2.24) is 0 Å². The Bertz CT molecular complexity index is 725. The Kier molecular flexibility index (Phi) is 7.31. The summed E-state index contributed by atoms with van der Waals surface area (Å²) in [5, 5.41) is -4.66. The first kappa shape index (κ1) is 21.8. The average molecular weight is 362 g/mol. The highest BCUT2D eigenvalue weighted by Gasteiger charge is 2.45. The minimum Gasteiger partial charge on any atom is -0.454 e. The Morgan fingerprint density at radius 3 is 1.80 bits per heavy atom. The Hall–Kier alpha value is -1.28. The second-order valence-corrected chi connectivity index (χ2v) is 6.58. The SMILES string of the molecule is [B]Cc1cc(C[B])c(C[B])c(C(=O)OCC(F)(F)S(=O)(=O)O)c1C[B]. The average Bonchev–Trinajstić information content (AvgIpc) is 2.56. The van der Waals surface area contributed by atoms with Crippen LogP contribution < -0.4 is 0 Å². The summed E-state index contributed by atoms with van der Waals surface area (Å²) < 4.78 is 60.5. The number of hydrogen-bond acceptors (Lipinski definition) is 4. The summed E-state index contributed by atoms with van der Waals surface area (Å²) in [4.78, 5) is 12.3. The van der Waals surface area contributed by atoms with Crippen LogP contribution in [-0.2, 0) is 40.1 Å². The van der Waals surface area contributed by atoms with Crippen LogP contribution in [0, 0.1) is 0 Å². The number of carbonyl (C=O) groups excluding carboxylic acids is 1. The fraction of sp³-hybridized carbons (Fsp3) is 0.462. The fourth-order valence-electron chi connectivity index (χ4n) is 2.26. The van der Waals surface area contributed by atoms with Crippen LogP contribution in [0.1, 0.15) is 32.6 Å². The Labute approximate surface area is 150 Å². The molecule has 8 radical (unpaired) electrons. The van der Waals surface area contributed by atoms with Crippen molar-refractivity contribution < 1.29 is 31.3 Å². The van der Waals surface area contributed by atoms with Crippen molar-refractivity contribution in [1.29, 1.82) is 0 Å². The minimum atomic E-state index is -5.74. The number of esters is 1. The van der Waals surface area contributed by atoms with Gasteiger partial charge in [0, 0.05) is 0 Å². The summed E-state index contributed by atoms with van der Waals surface area (Å²) >= 11 is 0. The molecule has 0 bridgehead atoms. The van der Waals surface area contributed by atoms with E-state index in [1.54, 1.807) is 6.07 Å². The molecule has 5 nitrogen and oxygen atoms in total. The summed E-state index contributed by atoms with van der Waals surface area (Å²) in [6, 6.07) is 1.61. The van der Waals surface area contributed by atoms with Gasteiger partial charge in [0.15, 0.2) is 6.61 Å². The first-order valence-corrected chi connectivity index (χ1v) is 8.46. The molecule has 0 saturated heterocycles. The van der Waals surface area contributed by atoms with E-state index < -0.39 is 27.9 Å². The molecule has 12 heteroatoms. The number of benzene rings is 1. The molecule has 0 aliphatic heterocycles. The van der Waals surface area contributed by atoms with Gasteiger partial charge in [0.25, 0.3) is 0 Å². The van der Waals surface area contributed by atoms with E-state index in [0.29, 0.717) is 11.1 Å². The molecule has 0 saturated carbocycles. The van der Waals surface area contributed by atoms with Gasteiger partial charge in [0.05, 0.1) is 36.9 Å². The van der Waals surface area contributed by atoms with Crippen molar-refractivity contribution in [2.45, 2.75) is 30.5 Å². The first-order chi connectivity index (χ1) is 11.5. The highest BCUT2D eigenvalue weighted by Crippen LogP contribution is 2.27. The minimum absolute atomic E-state index is 0.00809. The lowest BCUT2D eigenvalue weighted by molar-refractivity contribution is -0.00963. The molecule has 0 aliphatic carbocycles. The molecule has 1 N–H and O–H groups in total. The summed E-state index contributed by atoms with van der Waals surface area (Å²) in [7, 11) is 16.7. The van der Waals surface area contributed by atoms with Gasteiger partial charge in [-0.25, -0.2) is 4.79 Å². The topological polar surface area (TPSA) is 80.7 Å². The smallest absolute Gasteiger partial charge is 0.402 e. The normalized spacial score (nSPS) is 12.1. The van der Waals surface area contributed by atoms with Crippen LogP contribution in [0.25, 0.3) is 0 Å². The molecule has 0 aliphatic rings. The Balaban J connectivity index is 3.37. The molecule has 0 aromatic heterocycles. The van der Waals surface area contributed by atoms with Gasteiger partial charge in [-0.2, -0.15) is 17.2 Å².